The predicted octanol–water partition coefficient (Wildman–Crippen LogP) is 3.39. The number of hydrogen-bond donors (Lipinski definition) is 0. The van der Waals surface area contributed by atoms with Gasteiger partial charge >= 0.3 is 0 Å². The standard InChI is InChI=1S/C10H18/c1-8(2)10(4)6-5-9(3)7-10/h8H,3,5-7H2,1-2,4H3. The van der Waals surface area contributed by atoms with E-state index in [0.717, 1.165) is 5.92 Å². The van der Waals surface area contributed by atoms with Crippen molar-refractivity contribution in [3.05, 3.63) is 12.2 Å². The molecule has 1 saturated carbocycles. The fourth-order valence-electron chi connectivity index (χ4n) is 1.70. The summed E-state index contributed by atoms with van der Waals surface area (Å²) in [6.45, 7) is 11.1. The molecule has 1 fully saturated rings. The summed E-state index contributed by atoms with van der Waals surface area (Å²) in [5.74, 6) is 0.812. The molecule has 1 aliphatic carbocycles. The van der Waals surface area contributed by atoms with E-state index in [2.05, 4.69) is 27.4 Å². The second-order valence-electron chi connectivity index (χ2n) is 4.24. The highest BCUT2D eigenvalue weighted by Gasteiger charge is 2.33. The van der Waals surface area contributed by atoms with E-state index in [1.165, 1.54) is 24.8 Å². The van der Waals surface area contributed by atoms with E-state index in [9.17, 15) is 0 Å². The molecule has 0 aliphatic heterocycles. The van der Waals surface area contributed by atoms with Crippen LogP contribution in [0.5, 0.6) is 0 Å². The quantitative estimate of drug-likeness (QED) is 0.487. The number of hydrogen-bond acceptors (Lipinski definition) is 0. The highest BCUT2D eigenvalue weighted by molar-refractivity contribution is 5.07. The maximum Gasteiger partial charge on any atom is -0.0263 e. The molecule has 0 amide bonds. The lowest BCUT2D eigenvalue weighted by molar-refractivity contribution is 0.232. The van der Waals surface area contributed by atoms with Gasteiger partial charge in [0.1, 0.15) is 0 Å². The Kier molecular flexibility index (Phi) is 1.89. The minimum absolute atomic E-state index is 0.567. The Balaban J connectivity index is 2.63. The molecule has 0 aromatic carbocycles. The van der Waals surface area contributed by atoms with Crippen molar-refractivity contribution < 1.29 is 0 Å². The van der Waals surface area contributed by atoms with Crippen molar-refractivity contribution in [2.75, 3.05) is 0 Å². The zero-order valence-corrected chi connectivity index (χ0v) is 7.41. The molecule has 0 nitrogen and oxygen atoms in total. The smallest absolute Gasteiger partial charge is 0.0263 e. The van der Waals surface area contributed by atoms with Crippen LogP contribution in [0.3, 0.4) is 0 Å². The first-order chi connectivity index (χ1) is 4.54. The lowest BCUT2D eigenvalue weighted by Gasteiger charge is -2.27. The summed E-state index contributed by atoms with van der Waals surface area (Å²) in [7, 11) is 0. The summed E-state index contributed by atoms with van der Waals surface area (Å²) in [6, 6.07) is 0. The summed E-state index contributed by atoms with van der Waals surface area (Å²) in [6.07, 6.45) is 3.86. The van der Waals surface area contributed by atoms with Crippen molar-refractivity contribution >= 4 is 0 Å². The third kappa shape index (κ3) is 1.25. The van der Waals surface area contributed by atoms with Gasteiger partial charge < -0.3 is 0 Å². The fourth-order valence-corrected chi connectivity index (χ4v) is 1.70. The lowest BCUT2D eigenvalue weighted by Crippen LogP contribution is -2.18. The van der Waals surface area contributed by atoms with Crippen molar-refractivity contribution in [2.24, 2.45) is 11.3 Å². The Morgan fingerprint density at radius 3 is 2.30 bits per heavy atom. The molecule has 0 N–H and O–H groups in total. The minimum atomic E-state index is 0.567. The maximum absolute atomic E-state index is 4.03. The van der Waals surface area contributed by atoms with E-state index >= 15 is 0 Å². The van der Waals surface area contributed by atoms with Crippen molar-refractivity contribution in [1.29, 1.82) is 0 Å². The summed E-state index contributed by atoms with van der Waals surface area (Å²) in [5, 5.41) is 0. The van der Waals surface area contributed by atoms with E-state index < -0.39 is 0 Å². The van der Waals surface area contributed by atoms with Gasteiger partial charge in [-0.05, 0) is 30.6 Å². The van der Waals surface area contributed by atoms with Crippen molar-refractivity contribution in [3.63, 3.8) is 0 Å². The van der Waals surface area contributed by atoms with Crippen LogP contribution in [-0.2, 0) is 0 Å². The monoisotopic (exact) mass is 138 g/mol. The Morgan fingerprint density at radius 2 is 2.10 bits per heavy atom. The summed E-state index contributed by atoms with van der Waals surface area (Å²) < 4.78 is 0. The zero-order chi connectivity index (χ0) is 7.78. The Bertz CT molecular complexity index is 144. The molecule has 0 spiro atoms. The lowest BCUT2D eigenvalue weighted by atomic mass is 9.78. The third-order valence-corrected chi connectivity index (χ3v) is 3.10. The van der Waals surface area contributed by atoms with Gasteiger partial charge in [0.2, 0.25) is 0 Å². The van der Waals surface area contributed by atoms with Crippen LogP contribution in [0.4, 0.5) is 0 Å². The molecule has 1 rings (SSSR count). The molecular formula is C10H18. The number of allylic oxidation sites excluding steroid dienone is 1. The van der Waals surface area contributed by atoms with Crippen LogP contribution in [0, 0.1) is 11.3 Å². The molecule has 0 aromatic rings. The first kappa shape index (κ1) is 7.84. The molecule has 58 valence electrons. The van der Waals surface area contributed by atoms with Crippen LogP contribution in [-0.4, -0.2) is 0 Å². The van der Waals surface area contributed by atoms with Crippen molar-refractivity contribution in [1.82, 2.24) is 0 Å². The van der Waals surface area contributed by atoms with Crippen LogP contribution in [0.25, 0.3) is 0 Å². The molecule has 0 bridgehead atoms. The van der Waals surface area contributed by atoms with Crippen LogP contribution in [0.1, 0.15) is 40.0 Å². The van der Waals surface area contributed by atoms with E-state index in [-0.39, 0.29) is 0 Å². The van der Waals surface area contributed by atoms with Gasteiger partial charge in [-0.25, -0.2) is 0 Å². The second-order valence-corrected chi connectivity index (χ2v) is 4.24. The third-order valence-electron chi connectivity index (χ3n) is 3.10. The molecule has 0 heteroatoms. The van der Waals surface area contributed by atoms with Gasteiger partial charge in [0.25, 0.3) is 0 Å². The summed E-state index contributed by atoms with van der Waals surface area (Å²) >= 11 is 0. The largest absolute Gasteiger partial charge is 0.0998 e. The van der Waals surface area contributed by atoms with Gasteiger partial charge in [-0.1, -0.05) is 32.9 Å². The zero-order valence-electron chi connectivity index (χ0n) is 7.41. The van der Waals surface area contributed by atoms with E-state index in [0.29, 0.717) is 5.41 Å². The normalized spacial score (nSPS) is 33.8. The summed E-state index contributed by atoms with van der Waals surface area (Å²) in [4.78, 5) is 0. The Labute approximate surface area is 64.3 Å². The van der Waals surface area contributed by atoms with Crippen LogP contribution in [0.2, 0.25) is 0 Å². The van der Waals surface area contributed by atoms with Gasteiger partial charge in [-0.15, -0.1) is 0 Å². The average Bonchev–Trinajstić information content (AvgIpc) is 2.13. The molecule has 0 heterocycles. The second kappa shape index (κ2) is 2.41. The average molecular weight is 138 g/mol. The SMILES string of the molecule is C=C1CCC(C)(C(C)C)C1. The molecule has 0 saturated heterocycles. The maximum atomic E-state index is 4.03. The van der Waals surface area contributed by atoms with Gasteiger partial charge in [0.05, 0.1) is 0 Å². The van der Waals surface area contributed by atoms with Crippen molar-refractivity contribution in [3.8, 4) is 0 Å². The Morgan fingerprint density at radius 1 is 1.50 bits per heavy atom. The molecule has 10 heavy (non-hydrogen) atoms. The van der Waals surface area contributed by atoms with Gasteiger partial charge in [-0.3, -0.25) is 0 Å². The first-order valence-corrected chi connectivity index (χ1v) is 4.21. The minimum Gasteiger partial charge on any atom is -0.0998 e. The van der Waals surface area contributed by atoms with Crippen molar-refractivity contribution in [2.45, 2.75) is 40.0 Å². The van der Waals surface area contributed by atoms with E-state index in [1.807, 2.05) is 0 Å². The van der Waals surface area contributed by atoms with Crippen LogP contribution in [0.15, 0.2) is 12.2 Å². The predicted molar refractivity (Wildman–Crippen MR) is 45.9 cm³/mol. The molecule has 1 unspecified atom stereocenters. The van der Waals surface area contributed by atoms with E-state index in [1.54, 1.807) is 0 Å². The molecule has 1 aliphatic rings. The summed E-state index contributed by atoms with van der Waals surface area (Å²) in [5.41, 5.74) is 2.02. The number of rotatable bonds is 1. The molecule has 0 aromatic heterocycles. The molecule has 1 atom stereocenters. The van der Waals surface area contributed by atoms with Gasteiger partial charge in [0.15, 0.2) is 0 Å². The highest BCUT2D eigenvalue weighted by atomic mass is 14.4. The van der Waals surface area contributed by atoms with Crippen LogP contribution >= 0.6 is 0 Å². The molecule has 0 radical (unpaired) electrons. The highest BCUT2D eigenvalue weighted by Crippen LogP contribution is 2.45. The van der Waals surface area contributed by atoms with E-state index in [4.69, 9.17) is 0 Å². The van der Waals surface area contributed by atoms with Gasteiger partial charge in [-0.2, -0.15) is 0 Å². The van der Waals surface area contributed by atoms with Gasteiger partial charge in [0, 0.05) is 0 Å². The fraction of sp³-hybridized carbons (Fsp3) is 0.800. The topological polar surface area (TPSA) is 0 Å². The Hall–Kier alpha value is -0.260. The first-order valence-electron chi connectivity index (χ1n) is 4.21. The van der Waals surface area contributed by atoms with Crippen LogP contribution < -0.4 is 0 Å². The molecular weight excluding hydrogens is 120 g/mol.